The van der Waals surface area contributed by atoms with E-state index in [1.807, 2.05) is 19.1 Å². The van der Waals surface area contributed by atoms with Crippen LogP contribution in [0.1, 0.15) is 29.9 Å². The molecule has 2 N–H and O–H groups in total. The Morgan fingerprint density at radius 2 is 2.19 bits per heavy atom. The Bertz CT molecular complexity index is 807. The van der Waals surface area contributed by atoms with Crippen molar-refractivity contribution in [2.45, 2.75) is 38.5 Å². The number of aliphatic hydroxyl groups is 1. The summed E-state index contributed by atoms with van der Waals surface area (Å²) in [6.07, 6.45) is 1.02. The lowest BCUT2D eigenvalue weighted by molar-refractivity contribution is -0.157. The van der Waals surface area contributed by atoms with E-state index >= 15 is 0 Å². The van der Waals surface area contributed by atoms with Gasteiger partial charge in [-0.05, 0) is 50.1 Å². The zero-order valence-electron chi connectivity index (χ0n) is 15.6. The number of carbonyl (C=O) groups excluding carboxylic acids is 1. The summed E-state index contributed by atoms with van der Waals surface area (Å²) < 4.78 is 24.7. The van der Waals surface area contributed by atoms with Crippen molar-refractivity contribution in [1.29, 1.82) is 0 Å². The molecule has 1 atom stereocenters. The predicted molar refractivity (Wildman–Crippen MR) is 97.7 cm³/mol. The van der Waals surface area contributed by atoms with Gasteiger partial charge in [-0.15, -0.1) is 0 Å². The summed E-state index contributed by atoms with van der Waals surface area (Å²) in [5, 5.41) is 13.9. The first-order valence-electron chi connectivity index (χ1n) is 9.01. The van der Waals surface area contributed by atoms with Crippen LogP contribution in [0.15, 0.2) is 34.7 Å². The van der Waals surface area contributed by atoms with Crippen LogP contribution in [-0.4, -0.2) is 41.7 Å². The maximum Gasteiger partial charge on any atom is 0.256 e. The number of halogens is 1. The molecule has 2 aromatic rings. The average Bonchev–Trinajstić information content (AvgIpc) is 3.06. The zero-order valence-corrected chi connectivity index (χ0v) is 15.6. The van der Waals surface area contributed by atoms with Gasteiger partial charge < -0.3 is 24.5 Å². The Labute approximate surface area is 157 Å². The van der Waals surface area contributed by atoms with Gasteiger partial charge in [0.1, 0.15) is 23.1 Å². The minimum atomic E-state index is -1.50. The van der Waals surface area contributed by atoms with E-state index < -0.39 is 11.4 Å². The normalized spacial score (nSPS) is 20.1. The van der Waals surface area contributed by atoms with Crippen LogP contribution in [0, 0.1) is 12.7 Å². The lowest BCUT2D eigenvalue weighted by atomic mass is 9.91. The Morgan fingerprint density at radius 3 is 2.89 bits per heavy atom. The molecule has 1 aliphatic heterocycles. The molecule has 1 aromatic heterocycles. The zero-order chi connectivity index (χ0) is 19.4. The number of nitrogens with one attached hydrogen (secondary N) is 1. The molecule has 3 rings (SSSR count). The fourth-order valence-corrected chi connectivity index (χ4v) is 3.36. The van der Waals surface area contributed by atoms with Gasteiger partial charge >= 0.3 is 0 Å². The number of hydrogen-bond acceptors (Lipinski definition) is 5. The molecule has 6 nitrogen and oxygen atoms in total. The number of likely N-dealkylation sites (tertiary alicyclic amines) is 1. The highest BCUT2D eigenvalue weighted by atomic mass is 19.1. The Hall–Kier alpha value is -2.38. The molecule has 0 bridgehead atoms. The number of methoxy groups -OCH3 is 1. The van der Waals surface area contributed by atoms with Gasteiger partial charge in [0.25, 0.3) is 5.91 Å². The molecule has 1 fully saturated rings. The second-order valence-corrected chi connectivity index (χ2v) is 6.94. The Morgan fingerprint density at radius 1 is 1.37 bits per heavy atom. The molecule has 0 radical (unpaired) electrons. The van der Waals surface area contributed by atoms with Gasteiger partial charge in [0.15, 0.2) is 5.60 Å². The van der Waals surface area contributed by atoms with Gasteiger partial charge in [-0.3, -0.25) is 4.79 Å². The van der Waals surface area contributed by atoms with E-state index in [9.17, 15) is 14.3 Å². The van der Waals surface area contributed by atoms with E-state index in [2.05, 4.69) is 5.32 Å². The lowest BCUT2D eigenvalue weighted by Gasteiger charge is -2.38. The molecule has 0 spiro atoms. The van der Waals surface area contributed by atoms with Crippen molar-refractivity contribution < 1.29 is 23.4 Å². The van der Waals surface area contributed by atoms with Gasteiger partial charge in [0, 0.05) is 25.2 Å². The summed E-state index contributed by atoms with van der Waals surface area (Å²) in [7, 11) is 1.51. The Balaban J connectivity index is 1.63. The fourth-order valence-electron chi connectivity index (χ4n) is 3.36. The lowest BCUT2D eigenvalue weighted by Crippen LogP contribution is -2.57. The molecule has 1 aromatic carbocycles. The molecule has 0 saturated carbocycles. The molecule has 146 valence electrons. The maximum atomic E-state index is 14.1. The number of hydrogen-bond donors (Lipinski definition) is 2. The van der Waals surface area contributed by atoms with Crippen molar-refractivity contribution >= 4 is 5.91 Å². The minimum absolute atomic E-state index is 0.0988. The molecular weight excluding hydrogens is 351 g/mol. The standard InChI is InChI=1S/C20H25FN2O4/c1-14-4-5-17(27-14)11-22-13-20(25)8-3-9-23(19(20)24)12-15-10-16(26-2)6-7-18(15)21/h4-7,10,22,25H,3,8-9,11-13H2,1-2H3. The van der Waals surface area contributed by atoms with Crippen LogP contribution >= 0.6 is 0 Å². The van der Waals surface area contributed by atoms with Crippen LogP contribution in [0.5, 0.6) is 5.75 Å². The first-order chi connectivity index (χ1) is 12.9. The largest absolute Gasteiger partial charge is 0.497 e. The van der Waals surface area contributed by atoms with Crippen LogP contribution in [0.3, 0.4) is 0 Å². The number of ether oxygens (including phenoxy) is 1. The number of furan rings is 1. The summed E-state index contributed by atoms with van der Waals surface area (Å²) in [4.78, 5) is 14.3. The number of rotatable bonds is 7. The summed E-state index contributed by atoms with van der Waals surface area (Å²) in [5.41, 5.74) is -1.14. The van der Waals surface area contributed by atoms with E-state index in [0.29, 0.717) is 37.2 Å². The van der Waals surface area contributed by atoms with E-state index in [0.717, 1.165) is 11.5 Å². The van der Waals surface area contributed by atoms with E-state index in [4.69, 9.17) is 9.15 Å². The Kier molecular flexibility index (Phi) is 5.82. The molecule has 1 aliphatic rings. The highest BCUT2D eigenvalue weighted by Gasteiger charge is 2.42. The summed E-state index contributed by atoms with van der Waals surface area (Å²) in [5.74, 6) is 1.30. The quantitative estimate of drug-likeness (QED) is 0.776. The highest BCUT2D eigenvalue weighted by molar-refractivity contribution is 5.86. The molecule has 27 heavy (non-hydrogen) atoms. The number of carbonyl (C=O) groups is 1. The van der Waals surface area contributed by atoms with Gasteiger partial charge in [0.05, 0.1) is 13.7 Å². The minimum Gasteiger partial charge on any atom is -0.497 e. The molecule has 1 unspecified atom stereocenters. The summed E-state index contributed by atoms with van der Waals surface area (Å²) >= 11 is 0. The van der Waals surface area contributed by atoms with Crippen LogP contribution in [0.25, 0.3) is 0 Å². The van der Waals surface area contributed by atoms with Gasteiger partial charge in [-0.1, -0.05) is 0 Å². The van der Waals surface area contributed by atoms with Crippen LogP contribution in [0.2, 0.25) is 0 Å². The molecule has 1 saturated heterocycles. The van der Waals surface area contributed by atoms with Crippen molar-refractivity contribution in [3.05, 3.63) is 53.2 Å². The van der Waals surface area contributed by atoms with Crippen molar-refractivity contribution in [3.8, 4) is 5.75 Å². The number of piperidine rings is 1. The van der Waals surface area contributed by atoms with Crippen molar-refractivity contribution in [2.75, 3.05) is 20.2 Å². The van der Waals surface area contributed by atoms with E-state index in [-0.39, 0.29) is 19.0 Å². The average molecular weight is 376 g/mol. The van der Waals surface area contributed by atoms with Gasteiger partial charge in [-0.25, -0.2) is 4.39 Å². The van der Waals surface area contributed by atoms with Crippen molar-refractivity contribution in [1.82, 2.24) is 10.2 Å². The second-order valence-electron chi connectivity index (χ2n) is 6.94. The van der Waals surface area contributed by atoms with Crippen LogP contribution < -0.4 is 10.1 Å². The molecular formula is C20H25FN2O4. The molecule has 0 aliphatic carbocycles. The number of nitrogens with zero attached hydrogens (tertiary/aromatic N) is 1. The van der Waals surface area contributed by atoms with Crippen LogP contribution in [0.4, 0.5) is 4.39 Å². The smallest absolute Gasteiger partial charge is 0.256 e. The SMILES string of the molecule is COc1ccc(F)c(CN2CCCC(O)(CNCc3ccc(C)o3)C2=O)c1. The van der Waals surface area contributed by atoms with Crippen molar-refractivity contribution in [3.63, 3.8) is 0 Å². The van der Waals surface area contributed by atoms with E-state index in [1.54, 1.807) is 6.07 Å². The maximum absolute atomic E-state index is 14.1. The van der Waals surface area contributed by atoms with Gasteiger partial charge in [0.2, 0.25) is 0 Å². The second kappa shape index (κ2) is 8.10. The van der Waals surface area contributed by atoms with Crippen molar-refractivity contribution in [2.24, 2.45) is 0 Å². The summed E-state index contributed by atoms with van der Waals surface area (Å²) in [6, 6.07) is 8.15. The highest BCUT2D eigenvalue weighted by Crippen LogP contribution is 2.26. The number of amides is 1. The first kappa shape index (κ1) is 19.4. The summed E-state index contributed by atoms with van der Waals surface area (Å²) in [6.45, 7) is 2.98. The first-order valence-corrected chi connectivity index (χ1v) is 9.01. The van der Waals surface area contributed by atoms with Gasteiger partial charge in [-0.2, -0.15) is 0 Å². The van der Waals surface area contributed by atoms with E-state index in [1.165, 1.54) is 24.1 Å². The third-order valence-electron chi connectivity index (χ3n) is 4.83. The monoisotopic (exact) mass is 376 g/mol. The topological polar surface area (TPSA) is 74.9 Å². The van der Waals surface area contributed by atoms with Crippen LogP contribution in [-0.2, 0) is 17.9 Å². The third kappa shape index (κ3) is 4.48. The molecule has 1 amide bonds. The predicted octanol–water partition coefficient (Wildman–Crippen LogP) is 2.38. The molecule has 7 heteroatoms. The number of aryl methyl sites for hydroxylation is 1. The third-order valence-corrected chi connectivity index (χ3v) is 4.83. The fraction of sp³-hybridized carbons (Fsp3) is 0.450. The number of benzene rings is 1. The molecule has 2 heterocycles.